The molecule has 0 aliphatic carbocycles. The zero-order chi connectivity index (χ0) is 13.4. The number of aromatic nitrogens is 1. The van der Waals surface area contributed by atoms with Crippen LogP contribution in [0.1, 0.15) is 48.2 Å². The van der Waals surface area contributed by atoms with E-state index in [9.17, 15) is 9.59 Å². The second-order valence-electron chi connectivity index (χ2n) is 4.15. The summed E-state index contributed by atoms with van der Waals surface area (Å²) in [6.45, 7) is 2.32. The number of carboxylic acids is 1. The maximum absolute atomic E-state index is 11.6. The average molecular weight is 254 g/mol. The lowest BCUT2D eigenvalue weighted by molar-refractivity contribution is -0.137. The zero-order valence-electron chi connectivity index (χ0n) is 10.4. The normalized spacial score (nSPS) is 10.3. The SMILES string of the molecule is Cc1cnoc1C(=O)NCCCCCCC(=O)O. The maximum Gasteiger partial charge on any atom is 0.303 e. The summed E-state index contributed by atoms with van der Waals surface area (Å²) in [5.74, 6) is -0.763. The van der Waals surface area contributed by atoms with Gasteiger partial charge >= 0.3 is 5.97 Å². The lowest BCUT2D eigenvalue weighted by Gasteiger charge is -2.03. The number of carbonyl (C=O) groups is 2. The zero-order valence-corrected chi connectivity index (χ0v) is 10.4. The van der Waals surface area contributed by atoms with Gasteiger partial charge in [0.25, 0.3) is 5.91 Å². The minimum Gasteiger partial charge on any atom is -0.481 e. The van der Waals surface area contributed by atoms with Gasteiger partial charge in [-0.15, -0.1) is 0 Å². The number of hydrogen-bond acceptors (Lipinski definition) is 4. The van der Waals surface area contributed by atoms with E-state index in [1.54, 1.807) is 6.92 Å². The summed E-state index contributed by atoms with van der Waals surface area (Å²) in [5, 5.41) is 14.7. The van der Waals surface area contributed by atoms with Crippen molar-refractivity contribution < 1.29 is 19.2 Å². The van der Waals surface area contributed by atoms with Gasteiger partial charge in [0.2, 0.25) is 5.76 Å². The molecule has 6 heteroatoms. The Morgan fingerprint density at radius 2 is 2.06 bits per heavy atom. The molecule has 0 radical (unpaired) electrons. The summed E-state index contributed by atoms with van der Waals surface area (Å²) < 4.78 is 4.82. The van der Waals surface area contributed by atoms with Crippen LogP contribution in [0.25, 0.3) is 0 Å². The number of nitrogens with one attached hydrogen (secondary N) is 1. The van der Waals surface area contributed by atoms with Crippen molar-refractivity contribution in [1.82, 2.24) is 10.5 Å². The molecule has 100 valence electrons. The minimum atomic E-state index is -0.760. The summed E-state index contributed by atoms with van der Waals surface area (Å²) >= 11 is 0. The van der Waals surface area contributed by atoms with Crippen LogP contribution in [0.4, 0.5) is 0 Å². The van der Waals surface area contributed by atoms with E-state index in [-0.39, 0.29) is 18.1 Å². The fourth-order valence-electron chi connectivity index (χ4n) is 1.55. The quantitative estimate of drug-likeness (QED) is 0.689. The van der Waals surface area contributed by atoms with Crippen molar-refractivity contribution in [2.45, 2.75) is 39.0 Å². The molecule has 0 fully saturated rings. The van der Waals surface area contributed by atoms with Crippen LogP contribution in [0.2, 0.25) is 0 Å². The third-order valence-electron chi connectivity index (χ3n) is 2.56. The van der Waals surface area contributed by atoms with E-state index in [0.29, 0.717) is 18.5 Å². The first-order valence-corrected chi connectivity index (χ1v) is 6.02. The molecule has 0 unspecified atom stereocenters. The van der Waals surface area contributed by atoms with Crippen LogP contribution in [0.15, 0.2) is 10.7 Å². The van der Waals surface area contributed by atoms with E-state index in [1.807, 2.05) is 0 Å². The molecule has 1 heterocycles. The number of rotatable bonds is 8. The summed E-state index contributed by atoms with van der Waals surface area (Å²) in [5.41, 5.74) is 0.717. The van der Waals surface area contributed by atoms with Crippen LogP contribution in [0, 0.1) is 6.92 Å². The molecule has 1 amide bonds. The van der Waals surface area contributed by atoms with Crippen molar-refractivity contribution in [3.8, 4) is 0 Å². The molecular weight excluding hydrogens is 236 g/mol. The number of aryl methyl sites for hydroxylation is 1. The smallest absolute Gasteiger partial charge is 0.303 e. The van der Waals surface area contributed by atoms with E-state index in [4.69, 9.17) is 9.63 Å². The summed E-state index contributed by atoms with van der Waals surface area (Å²) in [4.78, 5) is 21.8. The Bertz CT molecular complexity index is 401. The molecule has 2 N–H and O–H groups in total. The lowest BCUT2D eigenvalue weighted by Crippen LogP contribution is -2.24. The molecule has 0 saturated carbocycles. The van der Waals surface area contributed by atoms with Crippen molar-refractivity contribution in [2.24, 2.45) is 0 Å². The van der Waals surface area contributed by atoms with Crippen LogP contribution in [0.3, 0.4) is 0 Å². The molecule has 0 aliphatic heterocycles. The van der Waals surface area contributed by atoms with Gasteiger partial charge in [-0.1, -0.05) is 18.0 Å². The third-order valence-corrected chi connectivity index (χ3v) is 2.56. The van der Waals surface area contributed by atoms with Crippen LogP contribution in [0.5, 0.6) is 0 Å². The fraction of sp³-hybridized carbons (Fsp3) is 0.583. The van der Waals surface area contributed by atoms with E-state index in [2.05, 4.69) is 10.5 Å². The van der Waals surface area contributed by atoms with E-state index in [1.165, 1.54) is 6.20 Å². The Morgan fingerprint density at radius 1 is 1.33 bits per heavy atom. The number of carboxylic acid groups (broad SMARTS) is 1. The van der Waals surface area contributed by atoms with Gasteiger partial charge in [-0.25, -0.2) is 0 Å². The predicted octanol–water partition coefficient (Wildman–Crippen LogP) is 1.75. The van der Waals surface area contributed by atoms with Crippen molar-refractivity contribution in [1.29, 1.82) is 0 Å². The first-order valence-electron chi connectivity index (χ1n) is 6.02. The van der Waals surface area contributed by atoms with Gasteiger partial charge in [-0.3, -0.25) is 9.59 Å². The molecule has 1 aromatic heterocycles. The predicted molar refractivity (Wildman–Crippen MR) is 64.3 cm³/mol. The largest absolute Gasteiger partial charge is 0.481 e. The average Bonchev–Trinajstić information content (AvgIpc) is 2.73. The standard InChI is InChI=1S/C12H18N2O4/c1-9-8-14-18-11(9)12(17)13-7-5-3-2-4-6-10(15)16/h8H,2-7H2,1H3,(H,13,17)(H,15,16). The first-order chi connectivity index (χ1) is 8.61. The van der Waals surface area contributed by atoms with Crippen LogP contribution in [-0.4, -0.2) is 28.7 Å². The molecule has 0 bridgehead atoms. The van der Waals surface area contributed by atoms with Crippen molar-refractivity contribution in [3.05, 3.63) is 17.5 Å². The summed E-state index contributed by atoms with van der Waals surface area (Å²) in [6, 6.07) is 0. The third kappa shape index (κ3) is 4.99. The molecular formula is C12H18N2O4. The molecule has 1 rings (SSSR count). The van der Waals surface area contributed by atoms with Gasteiger partial charge < -0.3 is 14.9 Å². The summed E-state index contributed by atoms with van der Waals surface area (Å²) in [7, 11) is 0. The monoisotopic (exact) mass is 254 g/mol. The number of aliphatic carboxylic acids is 1. The van der Waals surface area contributed by atoms with Crippen molar-refractivity contribution in [3.63, 3.8) is 0 Å². The van der Waals surface area contributed by atoms with Gasteiger partial charge in [0.1, 0.15) is 0 Å². The van der Waals surface area contributed by atoms with Gasteiger partial charge in [0.05, 0.1) is 6.20 Å². The van der Waals surface area contributed by atoms with Gasteiger partial charge in [0, 0.05) is 18.5 Å². The van der Waals surface area contributed by atoms with E-state index in [0.717, 1.165) is 19.3 Å². The molecule has 6 nitrogen and oxygen atoms in total. The van der Waals surface area contributed by atoms with E-state index >= 15 is 0 Å². The van der Waals surface area contributed by atoms with Crippen LogP contribution in [-0.2, 0) is 4.79 Å². The van der Waals surface area contributed by atoms with Crippen molar-refractivity contribution in [2.75, 3.05) is 6.54 Å². The first kappa shape index (κ1) is 14.2. The Balaban J connectivity index is 2.06. The highest BCUT2D eigenvalue weighted by molar-refractivity contribution is 5.92. The molecule has 1 aromatic rings. The van der Waals surface area contributed by atoms with Gasteiger partial charge in [-0.05, 0) is 19.8 Å². The number of nitrogens with zero attached hydrogens (tertiary/aromatic N) is 1. The fourth-order valence-corrected chi connectivity index (χ4v) is 1.55. The Kier molecular flexibility index (Phi) is 5.90. The maximum atomic E-state index is 11.6. The Hall–Kier alpha value is -1.85. The van der Waals surface area contributed by atoms with Crippen molar-refractivity contribution >= 4 is 11.9 Å². The van der Waals surface area contributed by atoms with Gasteiger partial charge in [-0.2, -0.15) is 0 Å². The highest BCUT2D eigenvalue weighted by Gasteiger charge is 2.12. The Morgan fingerprint density at radius 3 is 2.67 bits per heavy atom. The molecule has 18 heavy (non-hydrogen) atoms. The highest BCUT2D eigenvalue weighted by Crippen LogP contribution is 2.06. The summed E-state index contributed by atoms with van der Waals surface area (Å²) in [6.07, 6.45) is 5.00. The number of hydrogen-bond donors (Lipinski definition) is 2. The lowest BCUT2D eigenvalue weighted by atomic mass is 10.1. The number of carbonyl (C=O) groups excluding carboxylic acids is 1. The molecule has 0 atom stereocenters. The molecule has 0 aliphatic rings. The second-order valence-corrected chi connectivity index (χ2v) is 4.15. The molecule has 0 saturated heterocycles. The minimum absolute atomic E-state index is 0.212. The number of amides is 1. The second kappa shape index (κ2) is 7.47. The topological polar surface area (TPSA) is 92.4 Å². The molecule has 0 spiro atoms. The number of unbranched alkanes of at least 4 members (excludes halogenated alkanes) is 3. The van der Waals surface area contributed by atoms with Crippen LogP contribution >= 0.6 is 0 Å². The highest BCUT2D eigenvalue weighted by atomic mass is 16.5. The van der Waals surface area contributed by atoms with Crippen LogP contribution < -0.4 is 5.32 Å². The van der Waals surface area contributed by atoms with E-state index < -0.39 is 5.97 Å². The Labute approximate surface area is 105 Å². The molecule has 0 aromatic carbocycles. The van der Waals surface area contributed by atoms with Gasteiger partial charge in [0.15, 0.2) is 0 Å².